The van der Waals surface area contributed by atoms with Gasteiger partial charge in [-0.25, -0.2) is 0 Å². The highest BCUT2D eigenvalue weighted by atomic mass is 16.2. The van der Waals surface area contributed by atoms with Gasteiger partial charge in [0.25, 0.3) is 0 Å². The Bertz CT molecular complexity index is 614. The molecule has 0 aromatic heterocycles. The summed E-state index contributed by atoms with van der Waals surface area (Å²) in [5.41, 5.74) is 2.09. The molecule has 2 aliphatic carbocycles. The Morgan fingerprint density at radius 3 is 2.39 bits per heavy atom. The average Bonchev–Trinajstić information content (AvgIpc) is 3.34. The maximum absolute atomic E-state index is 12.7. The second-order valence-corrected chi connectivity index (χ2v) is 7.16. The van der Waals surface area contributed by atoms with Gasteiger partial charge in [0.2, 0.25) is 11.8 Å². The summed E-state index contributed by atoms with van der Waals surface area (Å²) in [4.78, 5) is 25.3. The first kappa shape index (κ1) is 16.0. The van der Waals surface area contributed by atoms with Gasteiger partial charge >= 0.3 is 0 Å². The molecular weight excluding hydrogens is 288 g/mol. The molecular formula is C19H26N2O2. The zero-order valence-electron chi connectivity index (χ0n) is 14.1. The molecule has 0 spiro atoms. The summed E-state index contributed by atoms with van der Waals surface area (Å²) in [6.07, 6.45) is 7.00. The van der Waals surface area contributed by atoms with Gasteiger partial charge in [-0.2, -0.15) is 0 Å². The van der Waals surface area contributed by atoms with Crippen LogP contribution in [0, 0.1) is 19.3 Å². The fourth-order valence-electron chi connectivity index (χ4n) is 3.37. The molecule has 3 rings (SSSR count). The van der Waals surface area contributed by atoms with Gasteiger partial charge in [-0.3, -0.25) is 9.59 Å². The number of nitrogens with one attached hydrogen (secondary N) is 2. The van der Waals surface area contributed by atoms with E-state index in [1.165, 1.54) is 19.3 Å². The monoisotopic (exact) mass is 314 g/mol. The summed E-state index contributed by atoms with van der Waals surface area (Å²) in [5, 5.41) is 6.09. The van der Waals surface area contributed by atoms with E-state index < -0.39 is 5.41 Å². The van der Waals surface area contributed by atoms with E-state index in [0.717, 1.165) is 29.7 Å². The van der Waals surface area contributed by atoms with Crippen molar-refractivity contribution in [2.75, 3.05) is 5.32 Å². The van der Waals surface area contributed by atoms with E-state index in [2.05, 4.69) is 10.6 Å². The van der Waals surface area contributed by atoms with Gasteiger partial charge < -0.3 is 10.6 Å². The molecule has 124 valence electrons. The van der Waals surface area contributed by atoms with E-state index in [1.54, 1.807) is 0 Å². The Hall–Kier alpha value is -1.84. The van der Waals surface area contributed by atoms with E-state index in [9.17, 15) is 9.59 Å². The quantitative estimate of drug-likeness (QED) is 0.836. The van der Waals surface area contributed by atoms with Crippen molar-refractivity contribution in [1.82, 2.24) is 5.32 Å². The average molecular weight is 314 g/mol. The standard InChI is InChI=1S/C19H26N2O2/c1-13-8-9-14(2)16(12-13)21-18(23)19(10-11-19)17(22)20-15-6-4-3-5-7-15/h8-9,12,15H,3-7,10-11H2,1-2H3,(H,20,22)(H,21,23). The lowest BCUT2D eigenvalue weighted by Crippen LogP contribution is -2.45. The lowest BCUT2D eigenvalue weighted by atomic mass is 9.94. The Morgan fingerprint density at radius 1 is 1.04 bits per heavy atom. The molecule has 2 aliphatic rings. The summed E-state index contributed by atoms with van der Waals surface area (Å²) < 4.78 is 0. The van der Waals surface area contributed by atoms with Crippen LogP contribution in [-0.4, -0.2) is 17.9 Å². The van der Waals surface area contributed by atoms with E-state index in [1.807, 2.05) is 32.0 Å². The van der Waals surface area contributed by atoms with Crippen molar-refractivity contribution in [3.05, 3.63) is 29.3 Å². The Balaban J connectivity index is 1.66. The minimum atomic E-state index is -0.840. The van der Waals surface area contributed by atoms with Crippen LogP contribution in [0.3, 0.4) is 0 Å². The molecule has 0 bridgehead atoms. The maximum Gasteiger partial charge on any atom is 0.240 e. The summed E-state index contributed by atoms with van der Waals surface area (Å²) in [5.74, 6) is -0.230. The highest BCUT2D eigenvalue weighted by Crippen LogP contribution is 2.47. The molecule has 2 N–H and O–H groups in total. The molecule has 4 nitrogen and oxygen atoms in total. The van der Waals surface area contributed by atoms with Crippen molar-refractivity contribution in [2.45, 2.75) is 64.8 Å². The predicted molar refractivity (Wildman–Crippen MR) is 91.2 cm³/mol. The number of hydrogen-bond acceptors (Lipinski definition) is 2. The molecule has 0 heterocycles. The molecule has 1 aromatic rings. The summed E-state index contributed by atoms with van der Waals surface area (Å²) in [6, 6.07) is 6.23. The van der Waals surface area contributed by atoms with Crippen molar-refractivity contribution in [1.29, 1.82) is 0 Å². The van der Waals surface area contributed by atoms with E-state index in [4.69, 9.17) is 0 Å². The van der Waals surface area contributed by atoms with Crippen LogP contribution in [0.5, 0.6) is 0 Å². The van der Waals surface area contributed by atoms with Gasteiger partial charge in [-0.05, 0) is 56.7 Å². The van der Waals surface area contributed by atoms with Gasteiger partial charge in [0.05, 0.1) is 0 Å². The SMILES string of the molecule is Cc1ccc(C)c(NC(=O)C2(C(=O)NC3CCCCC3)CC2)c1. The van der Waals surface area contributed by atoms with Crippen molar-refractivity contribution >= 4 is 17.5 Å². The zero-order valence-corrected chi connectivity index (χ0v) is 14.1. The molecule has 2 amide bonds. The van der Waals surface area contributed by atoms with Crippen LogP contribution in [0.25, 0.3) is 0 Å². The normalized spacial score (nSPS) is 19.9. The second kappa shape index (κ2) is 6.34. The number of rotatable bonds is 4. The fourth-order valence-corrected chi connectivity index (χ4v) is 3.37. The number of carbonyl (C=O) groups is 2. The number of amides is 2. The van der Waals surface area contributed by atoms with Crippen LogP contribution >= 0.6 is 0 Å². The minimum Gasteiger partial charge on any atom is -0.352 e. The van der Waals surface area contributed by atoms with Crippen LogP contribution in [-0.2, 0) is 9.59 Å². The number of anilines is 1. The Labute approximate surface area is 138 Å². The van der Waals surface area contributed by atoms with Crippen molar-refractivity contribution in [3.63, 3.8) is 0 Å². The first-order valence-corrected chi connectivity index (χ1v) is 8.71. The van der Waals surface area contributed by atoms with Gasteiger partial charge in [0.1, 0.15) is 5.41 Å². The summed E-state index contributed by atoms with van der Waals surface area (Å²) in [7, 11) is 0. The van der Waals surface area contributed by atoms with E-state index in [0.29, 0.717) is 12.8 Å². The highest BCUT2D eigenvalue weighted by Gasteiger charge is 2.56. The van der Waals surface area contributed by atoms with Gasteiger partial charge in [-0.1, -0.05) is 31.4 Å². The van der Waals surface area contributed by atoms with E-state index >= 15 is 0 Å². The molecule has 0 saturated heterocycles. The largest absolute Gasteiger partial charge is 0.352 e. The number of hydrogen-bond donors (Lipinski definition) is 2. The van der Waals surface area contributed by atoms with Crippen molar-refractivity contribution < 1.29 is 9.59 Å². The Kier molecular flexibility index (Phi) is 4.42. The lowest BCUT2D eigenvalue weighted by molar-refractivity contribution is -0.135. The van der Waals surface area contributed by atoms with Crippen LogP contribution < -0.4 is 10.6 Å². The molecule has 0 radical (unpaired) electrons. The Morgan fingerprint density at radius 2 is 1.74 bits per heavy atom. The molecule has 4 heteroatoms. The number of benzene rings is 1. The van der Waals surface area contributed by atoms with Gasteiger partial charge in [0.15, 0.2) is 0 Å². The highest BCUT2D eigenvalue weighted by molar-refractivity contribution is 6.13. The summed E-state index contributed by atoms with van der Waals surface area (Å²) >= 11 is 0. The van der Waals surface area contributed by atoms with Gasteiger partial charge in [0, 0.05) is 11.7 Å². The third kappa shape index (κ3) is 3.41. The van der Waals surface area contributed by atoms with Gasteiger partial charge in [-0.15, -0.1) is 0 Å². The lowest BCUT2D eigenvalue weighted by Gasteiger charge is -2.25. The molecule has 2 saturated carbocycles. The van der Waals surface area contributed by atoms with Crippen molar-refractivity contribution in [3.8, 4) is 0 Å². The molecule has 0 unspecified atom stereocenters. The third-order valence-electron chi connectivity index (χ3n) is 5.20. The predicted octanol–water partition coefficient (Wildman–Crippen LogP) is 3.47. The molecule has 0 aliphatic heterocycles. The maximum atomic E-state index is 12.7. The van der Waals surface area contributed by atoms with Crippen molar-refractivity contribution in [2.24, 2.45) is 5.41 Å². The third-order valence-corrected chi connectivity index (χ3v) is 5.20. The fraction of sp³-hybridized carbons (Fsp3) is 0.579. The topological polar surface area (TPSA) is 58.2 Å². The molecule has 23 heavy (non-hydrogen) atoms. The zero-order chi connectivity index (χ0) is 16.4. The smallest absolute Gasteiger partial charge is 0.240 e. The molecule has 0 atom stereocenters. The molecule has 2 fully saturated rings. The number of carbonyl (C=O) groups excluding carboxylic acids is 2. The van der Waals surface area contributed by atoms with E-state index in [-0.39, 0.29) is 17.9 Å². The van der Waals surface area contributed by atoms with Crippen LogP contribution in [0.4, 0.5) is 5.69 Å². The van der Waals surface area contributed by atoms with Crippen LogP contribution in [0.2, 0.25) is 0 Å². The number of aryl methyl sites for hydroxylation is 2. The van der Waals surface area contributed by atoms with Crippen LogP contribution in [0.1, 0.15) is 56.1 Å². The summed E-state index contributed by atoms with van der Waals surface area (Å²) in [6.45, 7) is 3.97. The second-order valence-electron chi connectivity index (χ2n) is 7.16. The minimum absolute atomic E-state index is 0.0767. The van der Waals surface area contributed by atoms with Crippen LogP contribution in [0.15, 0.2) is 18.2 Å². The first-order valence-electron chi connectivity index (χ1n) is 8.71. The molecule has 1 aromatic carbocycles. The first-order chi connectivity index (χ1) is 11.0.